The Morgan fingerprint density at radius 3 is 2.67 bits per heavy atom. The Morgan fingerprint density at radius 2 is 1.88 bits per heavy atom. The van der Waals surface area contributed by atoms with Crippen molar-refractivity contribution < 1.29 is 0 Å². The fraction of sp³-hybridized carbons (Fsp3) is 0.222. The van der Waals surface area contributed by atoms with Crippen LogP contribution in [0.15, 0.2) is 59.4 Å². The van der Waals surface area contributed by atoms with Crippen molar-refractivity contribution in [1.82, 2.24) is 19.2 Å². The molecule has 4 rings (SSSR count). The summed E-state index contributed by atoms with van der Waals surface area (Å²) in [6.45, 7) is 3.02. The van der Waals surface area contributed by atoms with Crippen molar-refractivity contribution in [3.05, 3.63) is 81.5 Å². The van der Waals surface area contributed by atoms with Crippen LogP contribution in [0.3, 0.4) is 0 Å². The molecule has 0 fully saturated rings. The van der Waals surface area contributed by atoms with Gasteiger partial charge >= 0.3 is 5.69 Å². The Balaban J connectivity index is 1.61. The van der Waals surface area contributed by atoms with Crippen molar-refractivity contribution >= 4 is 11.6 Å². The van der Waals surface area contributed by atoms with E-state index in [2.05, 4.69) is 22.1 Å². The van der Waals surface area contributed by atoms with Gasteiger partial charge in [0.1, 0.15) is 5.82 Å². The monoisotopic (exact) mass is 340 g/mol. The van der Waals surface area contributed by atoms with Gasteiger partial charge in [-0.15, -0.1) is 5.10 Å². The minimum absolute atomic E-state index is 0.105. The normalized spacial score (nSPS) is 14.5. The van der Waals surface area contributed by atoms with Gasteiger partial charge in [0.25, 0.3) is 0 Å². The molecule has 1 aliphatic rings. The summed E-state index contributed by atoms with van der Waals surface area (Å²) in [5.41, 5.74) is 1.86. The van der Waals surface area contributed by atoms with Gasteiger partial charge in [0.2, 0.25) is 0 Å². The van der Waals surface area contributed by atoms with Crippen LogP contribution in [-0.2, 0) is 19.6 Å². The molecule has 0 atom stereocenters. The molecular weight excluding hydrogens is 324 g/mol. The van der Waals surface area contributed by atoms with Crippen molar-refractivity contribution in [1.29, 1.82) is 0 Å². The van der Waals surface area contributed by atoms with Crippen molar-refractivity contribution in [2.24, 2.45) is 0 Å². The number of rotatable bonds is 3. The molecule has 0 saturated carbocycles. The van der Waals surface area contributed by atoms with Crippen LogP contribution in [0.2, 0.25) is 5.02 Å². The highest BCUT2D eigenvalue weighted by Crippen LogP contribution is 2.16. The zero-order chi connectivity index (χ0) is 16.5. The lowest BCUT2D eigenvalue weighted by Crippen LogP contribution is -2.37. The molecule has 3 aromatic rings. The molecule has 1 aliphatic heterocycles. The molecule has 2 heterocycles. The van der Waals surface area contributed by atoms with E-state index in [0.29, 0.717) is 23.8 Å². The molecule has 2 aromatic carbocycles. The first-order valence-electron chi connectivity index (χ1n) is 7.92. The maximum absolute atomic E-state index is 12.6. The van der Waals surface area contributed by atoms with Gasteiger partial charge in [0.15, 0.2) is 0 Å². The third-order valence-corrected chi connectivity index (χ3v) is 4.48. The lowest BCUT2D eigenvalue weighted by molar-refractivity contribution is 0.207. The van der Waals surface area contributed by atoms with E-state index in [1.54, 1.807) is 16.7 Å². The van der Waals surface area contributed by atoms with Gasteiger partial charge in [-0.3, -0.25) is 9.47 Å². The first-order chi connectivity index (χ1) is 11.7. The number of hydrogen-bond acceptors (Lipinski definition) is 3. The maximum Gasteiger partial charge on any atom is 0.350 e. The lowest BCUT2D eigenvalue weighted by atomic mass is 10.2. The van der Waals surface area contributed by atoms with Crippen LogP contribution in [0.4, 0.5) is 0 Å². The molecule has 0 spiro atoms. The molecule has 5 nitrogen and oxygen atoms in total. The van der Waals surface area contributed by atoms with Gasteiger partial charge in [-0.2, -0.15) is 4.68 Å². The zero-order valence-corrected chi connectivity index (χ0v) is 13.9. The van der Waals surface area contributed by atoms with Crippen LogP contribution < -0.4 is 5.69 Å². The predicted octanol–water partition coefficient (Wildman–Crippen LogP) is 2.70. The van der Waals surface area contributed by atoms with Crippen LogP contribution in [0.25, 0.3) is 5.69 Å². The fourth-order valence-electron chi connectivity index (χ4n) is 3.05. The van der Waals surface area contributed by atoms with E-state index in [-0.39, 0.29) is 5.69 Å². The summed E-state index contributed by atoms with van der Waals surface area (Å²) < 4.78 is 3.19. The summed E-state index contributed by atoms with van der Waals surface area (Å²) in [6.07, 6.45) is 0. The highest BCUT2D eigenvalue weighted by atomic mass is 35.5. The van der Waals surface area contributed by atoms with E-state index in [1.165, 1.54) is 10.2 Å². The summed E-state index contributed by atoms with van der Waals surface area (Å²) >= 11 is 6.03. The molecule has 6 heteroatoms. The molecule has 0 aliphatic carbocycles. The standard InChI is InChI=1S/C18H17ClN4O/c19-15-7-4-8-16(11-15)23-18(24)22-10-9-21(13-17(22)20-23)12-14-5-2-1-3-6-14/h1-8,11H,9-10,12-13H2. The van der Waals surface area contributed by atoms with Crippen LogP contribution in [0.1, 0.15) is 11.4 Å². The summed E-state index contributed by atoms with van der Waals surface area (Å²) in [5, 5.41) is 5.11. The van der Waals surface area contributed by atoms with E-state index in [9.17, 15) is 4.79 Å². The second-order valence-electron chi connectivity index (χ2n) is 5.94. The van der Waals surface area contributed by atoms with Crippen LogP contribution in [0.5, 0.6) is 0 Å². The number of fused-ring (bicyclic) bond motifs is 1. The number of benzene rings is 2. The first kappa shape index (κ1) is 15.2. The summed E-state index contributed by atoms with van der Waals surface area (Å²) in [6, 6.07) is 17.5. The maximum atomic E-state index is 12.6. The van der Waals surface area contributed by atoms with Crippen LogP contribution >= 0.6 is 11.6 Å². The average Bonchev–Trinajstić information content (AvgIpc) is 2.92. The molecule has 122 valence electrons. The summed E-state index contributed by atoms with van der Waals surface area (Å²) in [7, 11) is 0. The van der Waals surface area contributed by atoms with Gasteiger partial charge in [-0.1, -0.05) is 48.0 Å². The second kappa shape index (κ2) is 6.26. The van der Waals surface area contributed by atoms with Crippen molar-refractivity contribution in [2.45, 2.75) is 19.6 Å². The number of hydrogen-bond donors (Lipinski definition) is 0. The van der Waals surface area contributed by atoms with Gasteiger partial charge in [0, 0.05) is 24.7 Å². The molecule has 0 radical (unpaired) electrons. The Hall–Kier alpha value is -2.37. The third-order valence-electron chi connectivity index (χ3n) is 4.25. The van der Waals surface area contributed by atoms with Gasteiger partial charge in [0.05, 0.1) is 12.2 Å². The van der Waals surface area contributed by atoms with E-state index in [4.69, 9.17) is 11.6 Å². The highest BCUT2D eigenvalue weighted by molar-refractivity contribution is 6.30. The third kappa shape index (κ3) is 2.88. The fourth-order valence-corrected chi connectivity index (χ4v) is 3.24. The first-order valence-corrected chi connectivity index (χ1v) is 8.29. The van der Waals surface area contributed by atoms with Gasteiger partial charge in [-0.05, 0) is 23.8 Å². The lowest BCUT2D eigenvalue weighted by Gasteiger charge is -2.26. The zero-order valence-electron chi connectivity index (χ0n) is 13.1. The predicted molar refractivity (Wildman–Crippen MR) is 93.4 cm³/mol. The average molecular weight is 341 g/mol. The smallest absolute Gasteiger partial charge is 0.290 e. The number of nitrogens with zero attached hydrogens (tertiary/aromatic N) is 4. The SMILES string of the molecule is O=c1n(-c2cccc(Cl)c2)nc2n1CCN(Cc1ccccc1)C2. The molecule has 0 bridgehead atoms. The Labute approximate surface area is 144 Å². The number of aromatic nitrogens is 3. The van der Waals surface area contributed by atoms with Gasteiger partial charge in [-0.25, -0.2) is 4.79 Å². The molecule has 0 saturated heterocycles. The minimum Gasteiger partial charge on any atom is -0.290 e. The van der Waals surface area contributed by atoms with E-state index >= 15 is 0 Å². The quantitative estimate of drug-likeness (QED) is 0.736. The molecule has 0 unspecified atom stereocenters. The second-order valence-corrected chi connectivity index (χ2v) is 6.37. The highest BCUT2D eigenvalue weighted by Gasteiger charge is 2.22. The van der Waals surface area contributed by atoms with Crippen LogP contribution in [-0.4, -0.2) is 25.8 Å². The van der Waals surface area contributed by atoms with Crippen molar-refractivity contribution in [3.63, 3.8) is 0 Å². The molecule has 1 aromatic heterocycles. The minimum atomic E-state index is -0.105. The largest absolute Gasteiger partial charge is 0.350 e. The van der Waals surface area contributed by atoms with Crippen molar-refractivity contribution in [2.75, 3.05) is 6.54 Å². The Kier molecular flexibility index (Phi) is 3.96. The Morgan fingerprint density at radius 1 is 1.04 bits per heavy atom. The topological polar surface area (TPSA) is 43.1 Å². The van der Waals surface area contributed by atoms with Crippen molar-refractivity contribution in [3.8, 4) is 5.69 Å². The molecule has 24 heavy (non-hydrogen) atoms. The van der Waals surface area contributed by atoms with Crippen LogP contribution in [0, 0.1) is 0 Å². The molecule has 0 N–H and O–H groups in total. The van der Waals surface area contributed by atoms with E-state index < -0.39 is 0 Å². The van der Waals surface area contributed by atoms with E-state index in [1.807, 2.05) is 30.3 Å². The van der Waals surface area contributed by atoms with Gasteiger partial charge < -0.3 is 0 Å². The van der Waals surface area contributed by atoms with E-state index in [0.717, 1.165) is 18.9 Å². The summed E-state index contributed by atoms with van der Waals surface area (Å²) in [5.74, 6) is 0.794. The Bertz CT molecular complexity index is 916. The molecule has 0 amide bonds. The summed E-state index contributed by atoms with van der Waals surface area (Å²) in [4.78, 5) is 14.9. The number of halogens is 1. The molecular formula is C18H17ClN4O.